The SMILES string of the molecule is Cc1cccc(C)c1C(=O)N(C/C(N)=N/O)C1CCCC1. The summed E-state index contributed by atoms with van der Waals surface area (Å²) in [4.78, 5) is 14.7. The highest BCUT2D eigenvalue weighted by Crippen LogP contribution is 2.26. The highest BCUT2D eigenvalue weighted by Gasteiger charge is 2.29. The van der Waals surface area contributed by atoms with Crippen LogP contribution in [0.1, 0.15) is 47.2 Å². The Morgan fingerprint density at radius 3 is 2.43 bits per heavy atom. The lowest BCUT2D eigenvalue weighted by Gasteiger charge is -2.29. The van der Waals surface area contributed by atoms with Crippen LogP contribution in [0.25, 0.3) is 0 Å². The molecule has 0 aliphatic heterocycles. The van der Waals surface area contributed by atoms with Gasteiger partial charge in [0.25, 0.3) is 5.91 Å². The van der Waals surface area contributed by atoms with E-state index in [9.17, 15) is 4.79 Å². The highest BCUT2D eigenvalue weighted by molar-refractivity contribution is 5.99. The van der Waals surface area contributed by atoms with Gasteiger partial charge in [0, 0.05) is 11.6 Å². The van der Waals surface area contributed by atoms with E-state index in [1.165, 1.54) is 0 Å². The predicted octanol–water partition coefficient (Wildman–Crippen LogP) is 2.43. The Bertz CT molecular complexity index is 528. The molecule has 114 valence electrons. The summed E-state index contributed by atoms with van der Waals surface area (Å²) in [5, 5.41) is 11.8. The third-order valence-corrected chi connectivity index (χ3v) is 4.18. The summed E-state index contributed by atoms with van der Waals surface area (Å²) in [6.07, 6.45) is 4.21. The Hall–Kier alpha value is -2.04. The summed E-state index contributed by atoms with van der Waals surface area (Å²) in [6, 6.07) is 6.01. The first-order valence-electron chi connectivity index (χ1n) is 7.38. The standard InChI is InChI=1S/C16H23N3O2/c1-11-6-5-7-12(2)15(11)16(20)19(10-14(17)18-21)13-8-3-4-9-13/h5-7,13,21H,3-4,8-10H2,1-2H3,(H2,17,18). The maximum absolute atomic E-state index is 13.0. The number of nitrogens with zero attached hydrogens (tertiary/aromatic N) is 2. The Morgan fingerprint density at radius 2 is 1.90 bits per heavy atom. The van der Waals surface area contributed by atoms with E-state index in [4.69, 9.17) is 10.9 Å². The van der Waals surface area contributed by atoms with Crippen molar-refractivity contribution in [3.8, 4) is 0 Å². The first kappa shape index (κ1) is 15.4. The van der Waals surface area contributed by atoms with E-state index in [2.05, 4.69) is 5.16 Å². The number of hydrogen-bond donors (Lipinski definition) is 2. The van der Waals surface area contributed by atoms with Gasteiger partial charge in [-0.3, -0.25) is 4.79 Å². The lowest BCUT2D eigenvalue weighted by atomic mass is 10.0. The van der Waals surface area contributed by atoms with Crippen molar-refractivity contribution in [1.82, 2.24) is 4.90 Å². The number of benzene rings is 1. The fourth-order valence-corrected chi connectivity index (χ4v) is 3.08. The monoisotopic (exact) mass is 289 g/mol. The number of carbonyl (C=O) groups excluding carboxylic acids is 1. The normalized spacial score (nSPS) is 16.2. The summed E-state index contributed by atoms with van der Waals surface area (Å²) in [7, 11) is 0. The molecule has 0 heterocycles. The number of rotatable bonds is 4. The molecular formula is C16H23N3O2. The second kappa shape index (κ2) is 6.61. The van der Waals surface area contributed by atoms with Gasteiger partial charge in [0.1, 0.15) is 0 Å². The number of amides is 1. The number of aryl methyl sites for hydroxylation is 2. The van der Waals surface area contributed by atoms with Gasteiger partial charge in [-0.25, -0.2) is 0 Å². The van der Waals surface area contributed by atoms with Crippen LogP contribution in [0.15, 0.2) is 23.4 Å². The van der Waals surface area contributed by atoms with Crippen molar-refractivity contribution in [2.45, 2.75) is 45.6 Å². The van der Waals surface area contributed by atoms with E-state index in [1.54, 1.807) is 4.90 Å². The zero-order valence-electron chi connectivity index (χ0n) is 12.7. The lowest BCUT2D eigenvalue weighted by Crippen LogP contribution is -2.44. The van der Waals surface area contributed by atoms with Crippen molar-refractivity contribution in [1.29, 1.82) is 0 Å². The topological polar surface area (TPSA) is 78.9 Å². The van der Waals surface area contributed by atoms with Crippen LogP contribution in [0, 0.1) is 13.8 Å². The van der Waals surface area contributed by atoms with Crippen molar-refractivity contribution in [3.05, 3.63) is 34.9 Å². The average Bonchev–Trinajstić information content (AvgIpc) is 2.97. The molecular weight excluding hydrogens is 266 g/mol. The molecule has 0 bridgehead atoms. The smallest absolute Gasteiger partial charge is 0.255 e. The summed E-state index contributed by atoms with van der Waals surface area (Å²) >= 11 is 0. The van der Waals surface area contributed by atoms with Crippen LogP contribution in [-0.4, -0.2) is 34.4 Å². The van der Waals surface area contributed by atoms with Crippen molar-refractivity contribution in [3.63, 3.8) is 0 Å². The molecule has 3 N–H and O–H groups in total. The molecule has 0 saturated heterocycles. The third kappa shape index (κ3) is 3.35. The molecule has 21 heavy (non-hydrogen) atoms. The van der Waals surface area contributed by atoms with Crippen LogP contribution < -0.4 is 5.73 Å². The molecule has 1 saturated carbocycles. The van der Waals surface area contributed by atoms with Crippen LogP contribution in [-0.2, 0) is 0 Å². The Morgan fingerprint density at radius 1 is 1.33 bits per heavy atom. The van der Waals surface area contributed by atoms with Crippen LogP contribution in [0.2, 0.25) is 0 Å². The number of nitrogens with two attached hydrogens (primary N) is 1. The number of carbonyl (C=O) groups is 1. The Labute approximate surface area is 125 Å². The van der Waals surface area contributed by atoms with Gasteiger partial charge in [-0.15, -0.1) is 0 Å². The van der Waals surface area contributed by atoms with Gasteiger partial charge < -0.3 is 15.8 Å². The maximum Gasteiger partial charge on any atom is 0.255 e. The second-order valence-corrected chi connectivity index (χ2v) is 5.73. The van der Waals surface area contributed by atoms with Gasteiger partial charge in [-0.2, -0.15) is 0 Å². The zero-order valence-corrected chi connectivity index (χ0v) is 12.7. The van der Waals surface area contributed by atoms with Gasteiger partial charge in [-0.1, -0.05) is 36.2 Å². The third-order valence-electron chi connectivity index (χ3n) is 4.18. The molecule has 1 aliphatic carbocycles. The molecule has 5 nitrogen and oxygen atoms in total. The molecule has 0 aromatic heterocycles. The molecule has 0 spiro atoms. The summed E-state index contributed by atoms with van der Waals surface area (Å²) in [5.41, 5.74) is 8.29. The maximum atomic E-state index is 13.0. The van der Waals surface area contributed by atoms with Gasteiger partial charge in [0.2, 0.25) is 0 Å². The highest BCUT2D eigenvalue weighted by atomic mass is 16.4. The van der Waals surface area contributed by atoms with Crippen LogP contribution >= 0.6 is 0 Å². The molecule has 0 radical (unpaired) electrons. The molecule has 1 fully saturated rings. The average molecular weight is 289 g/mol. The molecule has 1 aliphatic rings. The Kier molecular flexibility index (Phi) is 4.83. The number of amidine groups is 1. The fraction of sp³-hybridized carbons (Fsp3) is 0.500. The van der Waals surface area contributed by atoms with Gasteiger partial charge in [-0.05, 0) is 37.8 Å². The zero-order chi connectivity index (χ0) is 15.4. The van der Waals surface area contributed by atoms with Crippen molar-refractivity contribution >= 4 is 11.7 Å². The number of oxime groups is 1. The minimum absolute atomic E-state index is 0.0240. The lowest BCUT2D eigenvalue weighted by molar-refractivity contribution is 0.0711. The predicted molar refractivity (Wildman–Crippen MR) is 82.6 cm³/mol. The largest absolute Gasteiger partial charge is 0.409 e. The first-order chi connectivity index (χ1) is 10.0. The first-order valence-corrected chi connectivity index (χ1v) is 7.38. The second-order valence-electron chi connectivity index (χ2n) is 5.73. The van der Waals surface area contributed by atoms with E-state index in [-0.39, 0.29) is 24.3 Å². The van der Waals surface area contributed by atoms with Gasteiger partial charge in [0.15, 0.2) is 5.84 Å². The van der Waals surface area contributed by atoms with E-state index in [0.717, 1.165) is 42.4 Å². The van der Waals surface area contributed by atoms with E-state index in [1.807, 2.05) is 32.0 Å². The summed E-state index contributed by atoms with van der Waals surface area (Å²) in [5.74, 6) is 0.0468. The van der Waals surface area contributed by atoms with Crippen LogP contribution in [0.4, 0.5) is 0 Å². The number of hydrogen-bond acceptors (Lipinski definition) is 3. The molecule has 1 amide bonds. The molecule has 2 rings (SSSR count). The minimum Gasteiger partial charge on any atom is -0.409 e. The minimum atomic E-state index is -0.0240. The van der Waals surface area contributed by atoms with Gasteiger partial charge >= 0.3 is 0 Å². The van der Waals surface area contributed by atoms with Gasteiger partial charge in [0.05, 0.1) is 6.54 Å². The van der Waals surface area contributed by atoms with Crippen molar-refractivity contribution in [2.75, 3.05) is 6.54 Å². The Balaban J connectivity index is 2.33. The van der Waals surface area contributed by atoms with Crippen molar-refractivity contribution < 1.29 is 10.0 Å². The summed E-state index contributed by atoms with van der Waals surface area (Å²) < 4.78 is 0. The molecule has 0 unspecified atom stereocenters. The summed E-state index contributed by atoms with van der Waals surface area (Å²) in [6.45, 7) is 4.06. The fourth-order valence-electron chi connectivity index (χ4n) is 3.08. The molecule has 1 aromatic rings. The molecule has 1 aromatic carbocycles. The van der Waals surface area contributed by atoms with Crippen LogP contribution in [0.5, 0.6) is 0 Å². The molecule has 0 atom stereocenters. The van der Waals surface area contributed by atoms with Crippen molar-refractivity contribution in [2.24, 2.45) is 10.9 Å². The van der Waals surface area contributed by atoms with Crippen LogP contribution in [0.3, 0.4) is 0 Å². The quantitative estimate of drug-likeness (QED) is 0.387. The van der Waals surface area contributed by atoms with E-state index >= 15 is 0 Å². The molecule has 5 heteroatoms. The van der Waals surface area contributed by atoms with E-state index < -0.39 is 0 Å². The van der Waals surface area contributed by atoms with E-state index in [0.29, 0.717) is 0 Å².